The molecule has 0 aliphatic rings. The Kier molecular flexibility index (Phi) is 6.36. The molecule has 0 fully saturated rings. The number of nitrogens with two attached hydrogens (primary N) is 2. The number of carbonyl (C=O) groups is 3. The molecule has 7 N–H and O–H groups in total. The molecule has 0 saturated carbocycles. The first kappa shape index (κ1) is 21.2. The van der Waals surface area contributed by atoms with Gasteiger partial charge in [-0.1, -0.05) is 12.1 Å². The zero-order valence-electron chi connectivity index (χ0n) is 16.6. The second-order valence-electron chi connectivity index (χ2n) is 6.48. The van der Waals surface area contributed by atoms with Gasteiger partial charge in [-0.3, -0.25) is 9.59 Å². The number of carbonyl (C=O) groups excluding carboxylic acids is 3. The molecule has 0 saturated heterocycles. The summed E-state index contributed by atoms with van der Waals surface area (Å²) in [6.45, 7) is 0. The minimum atomic E-state index is -0.688. The van der Waals surface area contributed by atoms with Gasteiger partial charge in [-0.2, -0.15) is 0 Å². The highest BCUT2D eigenvalue weighted by Gasteiger charge is 2.14. The molecule has 0 aliphatic heterocycles. The number of ether oxygens (including phenoxy) is 1. The van der Waals surface area contributed by atoms with Crippen LogP contribution < -0.4 is 32.2 Å². The van der Waals surface area contributed by atoms with Crippen molar-refractivity contribution in [2.24, 2.45) is 5.73 Å². The summed E-state index contributed by atoms with van der Waals surface area (Å²) in [7, 11) is 1.47. The van der Waals surface area contributed by atoms with Crippen LogP contribution in [0.3, 0.4) is 0 Å². The molecule has 9 heteroatoms. The number of hydrogen-bond acceptors (Lipinski definition) is 5. The van der Waals surface area contributed by atoms with E-state index in [0.717, 1.165) is 0 Å². The summed E-state index contributed by atoms with van der Waals surface area (Å²) in [4.78, 5) is 35.9. The number of primary amides is 1. The minimum Gasteiger partial charge on any atom is -0.495 e. The zero-order chi connectivity index (χ0) is 22.4. The third-order valence-electron chi connectivity index (χ3n) is 4.32. The smallest absolute Gasteiger partial charge is 0.316 e. The van der Waals surface area contributed by atoms with E-state index in [4.69, 9.17) is 16.2 Å². The number of rotatable bonds is 6. The van der Waals surface area contributed by atoms with Gasteiger partial charge in [-0.25, -0.2) is 4.79 Å². The molecule has 0 spiro atoms. The molecule has 158 valence electrons. The summed E-state index contributed by atoms with van der Waals surface area (Å²) in [5.74, 6) is -0.353. The lowest BCUT2D eigenvalue weighted by molar-refractivity contribution is 0.101. The molecule has 0 aliphatic carbocycles. The first-order valence-electron chi connectivity index (χ1n) is 9.19. The Morgan fingerprint density at radius 3 is 2.00 bits per heavy atom. The fourth-order valence-electron chi connectivity index (χ4n) is 2.84. The molecule has 0 heterocycles. The van der Waals surface area contributed by atoms with Gasteiger partial charge in [0.05, 0.1) is 18.4 Å². The van der Waals surface area contributed by atoms with Crippen molar-refractivity contribution in [2.75, 3.05) is 28.8 Å². The van der Waals surface area contributed by atoms with Crippen molar-refractivity contribution in [1.29, 1.82) is 0 Å². The van der Waals surface area contributed by atoms with Gasteiger partial charge < -0.3 is 32.2 Å². The van der Waals surface area contributed by atoms with Crippen molar-refractivity contribution in [3.05, 3.63) is 77.9 Å². The van der Waals surface area contributed by atoms with E-state index in [1.807, 2.05) is 0 Å². The van der Waals surface area contributed by atoms with Crippen LogP contribution >= 0.6 is 0 Å². The molecule has 0 atom stereocenters. The Labute approximate surface area is 178 Å². The molecule has 0 aromatic heterocycles. The molecule has 4 amide bonds. The van der Waals surface area contributed by atoms with Crippen molar-refractivity contribution >= 4 is 40.6 Å². The lowest BCUT2D eigenvalue weighted by Crippen LogP contribution is -2.19. The van der Waals surface area contributed by atoms with Gasteiger partial charge in [0, 0.05) is 22.6 Å². The molecule has 0 bridgehead atoms. The van der Waals surface area contributed by atoms with Crippen LogP contribution in [-0.4, -0.2) is 25.0 Å². The number of methoxy groups -OCH3 is 1. The maximum absolute atomic E-state index is 12.6. The summed E-state index contributed by atoms with van der Waals surface area (Å²) >= 11 is 0. The topological polar surface area (TPSA) is 149 Å². The van der Waals surface area contributed by atoms with Crippen molar-refractivity contribution in [2.45, 2.75) is 0 Å². The molecule has 31 heavy (non-hydrogen) atoms. The third kappa shape index (κ3) is 5.30. The number of anilines is 4. The SMILES string of the molecule is COc1cccc(C(=O)Nc2cccc(NC(=O)c3ccc(NC(N)=O)cc3)c2)c1N. The Morgan fingerprint density at radius 1 is 0.774 bits per heavy atom. The molecule has 0 unspecified atom stereocenters. The highest BCUT2D eigenvalue weighted by atomic mass is 16.5. The van der Waals surface area contributed by atoms with Gasteiger partial charge in [0.15, 0.2) is 0 Å². The minimum absolute atomic E-state index is 0.237. The van der Waals surface area contributed by atoms with E-state index in [1.165, 1.54) is 7.11 Å². The Bertz CT molecular complexity index is 1130. The highest BCUT2D eigenvalue weighted by Crippen LogP contribution is 2.26. The largest absolute Gasteiger partial charge is 0.495 e. The first-order valence-corrected chi connectivity index (χ1v) is 9.19. The van der Waals surface area contributed by atoms with Crippen LogP contribution in [0, 0.1) is 0 Å². The molecule has 0 radical (unpaired) electrons. The summed E-state index contributed by atoms with van der Waals surface area (Å²) in [5, 5.41) is 7.93. The lowest BCUT2D eigenvalue weighted by Gasteiger charge is -2.12. The van der Waals surface area contributed by atoms with Crippen LogP contribution in [0.4, 0.5) is 27.5 Å². The quantitative estimate of drug-likeness (QED) is 0.389. The van der Waals surface area contributed by atoms with Gasteiger partial charge in [-0.05, 0) is 54.6 Å². The monoisotopic (exact) mass is 419 g/mol. The molecule has 9 nitrogen and oxygen atoms in total. The number of amides is 4. The fourth-order valence-corrected chi connectivity index (χ4v) is 2.84. The average molecular weight is 419 g/mol. The maximum atomic E-state index is 12.6. The molecule has 3 rings (SSSR count). The summed E-state index contributed by atoms with van der Waals surface area (Å²) < 4.78 is 5.14. The predicted molar refractivity (Wildman–Crippen MR) is 119 cm³/mol. The van der Waals surface area contributed by atoms with Gasteiger partial charge in [0.25, 0.3) is 11.8 Å². The molecular weight excluding hydrogens is 398 g/mol. The van der Waals surface area contributed by atoms with E-state index in [1.54, 1.807) is 66.7 Å². The van der Waals surface area contributed by atoms with Crippen LogP contribution in [0.25, 0.3) is 0 Å². The van der Waals surface area contributed by atoms with Gasteiger partial charge in [0.1, 0.15) is 5.75 Å². The summed E-state index contributed by atoms with van der Waals surface area (Å²) in [6.07, 6.45) is 0. The molecular formula is C22H21N5O4. The van der Waals surface area contributed by atoms with Crippen molar-refractivity contribution in [3.8, 4) is 5.75 Å². The van der Waals surface area contributed by atoms with Crippen LogP contribution in [-0.2, 0) is 0 Å². The van der Waals surface area contributed by atoms with Crippen LogP contribution in [0.5, 0.6) is 5.75 Å². The maximum Gasteiger partial charge on any atom is 0.316 e. The first-order chi connectivity index (χ1) is 14.9. The van der Waals surface area contributed by atoms with E-state index in [9.17, 15) is 14.4 Å². The fraction of sp³-hybridized carbons (Fsp3) is 0.0455. The second-order valence-corrected chi connectivity index (χ2v) is 6.48. The van der Waals surface area contributed by atoms with Gasteiger partial charge in [-0.15, -0.1) is 0 Å². The zero-order valence-corrected chi connectivity index (χ0v) is 16.6. The van der Waals surface area contributed by atoms with E-state index in [2.05, 4.69) is 16.0 Å². The number of urea groups is 1. The summed E-state index contributed by atoms with van der Waals surface area (Å²) in [5.41, 5.74) is 13.4. The van der Waals surface area contributed by atoms with Crippen molar-refractivity contribution in [3.63, 3.8) is 0 Å². The Balaban J connectivity index is 1.69. The lowest BCUT2D eigenvalue weighted by atomic mass is 10.1. The van der Waals surface area contributed by atoms with Gasteiger partial charge in [0.2, 0.25) is 0 Å². The second kappa shape index (κ2) is 9.31. The number of nitrogens with one attached hydrogen (secondary N) is 3. The Morgan fingerprint density at radius 2 is 1.39 bits per heavy atom. The number of benzene rings is 3. The van der Waals surface area contributed by atoms with E-state index in [-0.39, 0.29) is 17.2 Å². The Hall–Kier alpha value is -4.53. The van der Waals surface area contributed by atoms with Crippen LogP contribution in [0.2, 0.25) is 0 Å². The summed E-state index contributed by atoms with van der Waals surface area (Å²) in [6, 6.07) is 17.2. The van der Waals surface area contributed by atoms with Crippen LogP contribution in [0.15, 0.2) is 66.7 Å². The third-order valence-corrected chi connectivity index (χ3v) is 4.32. The van der Waals surface area contributed by atoms with Crippen molar-refractivity contribution < 1.29 is 19.1 Å². The van der Waals surface area contributed by atoms with E-state index in [0.29, 0.717) is 28.4 Å². The molecule has 3 aromatic rings. The van der Waals surface area contributed by atoms with Gasteiger partial charge >= 0.3 is 6.03 Å². The molecule has 3 aromatic carbocycles. The highest BCUT2D eigenvalue weighted by molar-refractivity contribution is 6.09. The van der Waals surface area contributed by atoms with Crippen LogP contribution in [0.1, 0.15) is 20.7 Å². The number of hydrogen-bond donors (Lipinski definition) is 5. The number of nitrogen functional groups attached to an aromatic ring is 1. The van der Waals surface area contributed by atoms with Crippen molar-refractivity contribution in [1.82, 2.24) is 0 Å². The van der Waals surface area contributed by atoms with E-state index < -0.39 is 11.9 Å². The standard InChI is InChI=1S/C22H21N5O4/c1-31-18-7-3-6-17(19(18)23)21(29)26-16-5-2-4-15(12-16)25-20(28)13-8-10-14(11-9-13)27-22(24)30/h2-12H,23H2,1H3,(H,25,28)(H,26,29)(H3,24,27,30). The normalized spacial score (nSPS) is 10.1. The number of para-hydroxylation sites is 1. The average Bonchev–Trinajstić information content (AvgIpc) is 2.74. The van der Waals surface area contributed by atoms with E-state index >= 15 is 0 Å². The predicted octanol–water partition coefficient (Wildman–Crippen LogP) is 3.27.